The second-order valence-electron chi connectivity index (χ2n) is 4.65. The summed E-state index contributed by atoms with van der Waals surface area (Å²) in [6, 6.07) is 0. The van der Waals surface area contributed by atoms with Crippen LogP contribution in [0, 0.1) is 5.92 Å². The zero-order chi connectivity index (χ0) is 10.5. The van der Waals surface area contributed by atoms with Crippen LogP contribution in [0.25, 0.3) is 0 Å². The van der Waals surface area contributed by atoms with E-state index in [0.29, 0.717) is 0 Å². The summed E-state index contributed by atoms with van der Waals surface area (Å²) in [5.41, 5.74) is 1.63. The molecule has 15 heavy (non-hydrogen) atoms. The molecule has 0 spiro atoms. The first-order valence-corrected chi connectivity index (χ1v) is 6.31. The fourth-order valence-electron chi connectivity index (χ4n) is 2.30. The molecule has 1 saturated heterocycles. The molecule has 0 radical (unpaired) electrons. The van der Waals surface area contributed by atoms with Gasteiger partial charge in [-0.15, -0.1) is 0 Å². The molecule has 1 aliphatic heterocycles. The SMILES string of the molecule is C1COC1.CCCOC1=C2CCC(C2)C1. The number of hydrogen-bond acceptors (Lipinski definition) is 2. The molecule has 86 valence electrons. The van der Waals surface area contributed by atoms with Gasteiger partial charge >= 0.3 is 0 Å². The summed E-state index contributed by atoms with van der Waals surface area (Å²) in [5.74, 6) is 2.31. The molecule has 1 heterocycles. The first kappa shape index (κ1) is 11.0. The molecule has 2 fully saturated rings. The van der Waals surface area contributed by atoms with Crippen molar-refractivity contribution in [1.82, 2.24) is 0 Å². The van der Waals surface area contributed by atoms with E-state index in [2.05, 4.69) is 6.92 Å². The van der Waals surface area contributed by atoms with Gasteiger partial charge in [0.25, 0.3) is 0 Å². The van der Waals surface area contributed by atoms with Gasteiger partial charge in [0.05, 0.1) is 12.4 Å². The van der Waals surface area contributed by atoms with Crippen molar-refractivity contribution in [2.75, 3.05) is 19.8 Å². The van der Waals surface area contributed by atoms with Crippen molar-refractivity contribution in [3.8, 4) is 0 Å². The Labute approximate surface area is 92.6 Å². The summed E-state index contributed by atoms with van der Waals surface area (Å²) < 4.78 is 10.4. The highest BCUT2D eigenvalue weighted by Gasteiger charge is 2.30. The molecule has 0 N–H and O–H groups in total. The number of ether oxygens (including phenoxy) is 2. The number of fused-ring (bicyclic) bond motifs is 2. The van der Waals surface area contributed by atoms with Crippen LogP contribution in [0.5, 0.6) is 0 Å². The van der Waals surface area contributed by atoms with Gasteiger partial charge in [-0.25, -0.2) is 0 Å². The van der Waals surface area contributed by atoms with Crippen molar-refractivity contribution in [2.45, 2.75) is 45.4 Å². The van der Waals surface area contributed by atoms with E-state index in [4.69, 9.17) is 9.47 Å². The zero-order valence-corrected chi connectivity index (χ0v) is 9.76. The lowest BCUT2D eigenvalue weighted by molar-refractivity contribution is 0.0367. The van der Waals surface area contributed by atoms with E-state index in [1.54, 1.807) is 5.57 Å². The van der Waals surface area contributed by atoms with Gasteiger partial charge in [0, 0.05) is 19.6 Å². The predicted molar refractivity (Wildman–Crippen MR) is 60.7 cm³/mol. The van der Waals surface area contributed by atoms with Crippen molar-refractivity contribution in [3.05, 3.63) is 11.3 Å². The van der Waals surface area contributed by atoms with Crippen LogP contribution in [-0.2, 0) is 9.47 Å². The van der Waals surface area contributed by atoms with Gasteiger partial charge in [-0.1, -0.05) is 6.92 Å². The zero-order valence-electron chi connectivity index (χ0n) is 9.76. The van der Waals surface area contributed by atoms with Crippen LogP contribution >= 0.6 is 0 Å². The number of hydrogen-bond donors (Lipinski definition) is 0. The van der Waals surface area contributed by atoms with Gasteiger partial charge in [0.1, 0.15) is 0 Å². The summed E-state index contributed by atoms with van der Waals surface area (Å²) >= 11 is 0. The maximum absolute atomic E-state index is 5.67. The highest BCUT2D eigenvalue weighted by molar-refractivity contribution is 5.21. The fraction of sp³-hybridized carbons (Fsp3) is 0.846. The van der Waals surface area contributed by atoms with Crippen LogP contribution in [0.4, 0.5) is 0 Å². The second-order valence-corrected chi connectivity index (χ2v) is 4.65. The third-order valence-electron chi connectivity index (χ3n) is 3.32. The largest absolute Gasteiger partial charge is 0.498 e. The van der Waals surface area contributed by atoms with Gasteiger partial charge in [0.15, 0.2) is 0 Å². The number of rotatable bonds is 3. The van der Waals surface area contributed by atoms with Gasteiger partial charge in [-0.2, -0.15) is 0 Å². The average Bonchev–Trinajstić information content (AvgIpc) is 2.72. The molecule has 2 heteroatoms. The summed E-state index contributed by atoms with van der Waals surface area (Å²) in [7, 11) is 0. The normalized spacial score (nSPS) is 27.1. The fourth-order valence-corrected chi connectivity index (χ4v) is 2.30. The molecule has 0 amide bonds. The molecular formula is C13H22O2. The van der Waals surface area contributed by atoms with Crippen LogP contribution < -0.4 is 0 Å². The molecule has 2 bridgehead atoms. The van der Waals surface area contributed by atoms with Crippen molar-refractivity contribution in [2.24, 2.45) is 5.92 Å². The minimum Gasteiger partial charge on any atom is -0.498 e. The van der Waals surface area contributed by atoms with Crippen LogP contribution in [-0.4, -0.2) is 19.8 Å². The third-order valence-corrected chi connectivity index (χ3v) is 3.32. The molecular weight excluding hydrogens is 188 g/mol. The van der Waals surface area contributed by atoms with E-state index in [1.807, 2.05) is 0 Å². The molecule has 1 saturated carbocycles. The quantitative estimate of drug-likeness (QED) is 0.711. The summed E-state index contributed by atoms with van der Waals surface area (Å²) in [5, 5.41) is 0. The van der Waals surface area contributed by atoms with Crippen molar-refractivity contribution in [3.63, 3.8) is 0 Å². The molecule has 3 aliphatic rings. The topological polar surface area (TPSA) is 18.5 Å². The lowest BCUT2D eigenvalue weighted by Crippen LogP contribution is -2.09. The van der Waals surface area contributed by atoms with Gasteiger partial charge < -0.3 is 9.47 Å². The van der Waals surface area contributed by atoms with E-state index in [0.717, 1.165) is 32.2 Å². The van der Waals surface area contributed by atoms with Crippen LogP contribution in [0.2, 0.25) is 0 Å². The first-order valence-electron chi connectivity index (χ1n) is 6.31. The Morgan fingerprint density at radius 3 is 2.47 bits per heavy atom. The van der Waals surface area contributed by atoms with Crippen LogP contribution in [0.1, 0.15) is 45.4 Å². The minimum atomic E-state index is 0.922. The molecule has 1 atom stereocenters. The number of allylic oxidation sites excluding steroid dienone is 2. The van der Waals surface area contributed by atoms with Crippen LogP contribution in [0.15, 0.2) is 11.3 Å². The Bertz CT molecular complexity index is 225. The van der Waals surface area contributed by atoms with Crippen molar-refractivity contribution < 1.29 is 9.47 Å². The Balaban J connectivity index is 0.000000179. The summed E-state index contributed by atoms with van der Waals surface area (Å²) in [6.45, 7) is 5.09. The Morgan fingerprint density at radius 1 is 1.33 bits per heavy atom. The lowest BCUT2D eigenvalue weighted by atomic mass is 10.1. The van der Waals surface area contributed by atoms with E-state index in [-0.39, 0.29) is 0 Å². The Hall–Kier alpha value is -0.500. The highest BCUT2D eigenvalue weighted by Crippen LogP contribution is 2.44. The summed E-state index contributed by atoms with van der Waals surface area (Å²) in [4.78, 5) is 0. The molecule has 1 unspecified atom stereocenters. The van der Waals surface area contributed by atoms with Crippen LogP contribution in [0.3, 0.4) is 0 Å². The standard InChI is InChI=1S/C10H16O.C3H6O/c1-2-5-11-10-7-8-3-4-9(10)6-8;1-2-4-3-1/h8H,2-7H2,1H3;1-3H2. The van der Waals surface area contributed by atoms with Gasteiger partial charge in [-0.3, -0.25) is 0 Å². The predicted octanol–water partition coefficient (Wildman–Crippen LogP) is 3.28. The molecule has 0 aromatic carbocycles. The van der Waals surface area contributed by atoms with E-state index >= 15 is 0 Å². The molecule has 3 rings (SSSR count). The smallest absolute Gasteiger partial charge is 0.0954 e. The van der Waals surface area contributed by atoms with E-state index in [9.17, 15) is 0 Å². The Kier molecular flexibility index (Phi) is 4.07. The van der Waals surface area contributed by atoms with Gasteiger partial charge in [0.2, 0.25) is 0 Å². The van der Waals surface area contributed by atoms with E-state index in [1.165, 1.54) is 37.9 Å². The maximum atomic E-state index is 5.67. The summed E-state index contributed by atoms with van der Waals surface area (Å²) in [6.07, 6.45) is 7.76. The lowest BCUT2D eigenvalue weighted by Gasteiger charge is -2.12. The maximum Gasteiger partial charge on any atom is 0.0954 e. The van der Waals surface area contributed by atoms with Gasteiger partial charge in [-0.05, 0) is 43.6 Å². The molecule has 0 aromatic rings. The second kappa shape index (κ2) is 5.55. The molecule has 2 nitrogen and oxygen atoms in total. The molecule has 2 aliphatic carbocycles. The van der Waals surface area contributed by atoms with E-state index < -0.39 is 0 Å². The third kappa shape index (κ3) is 2.97. The van der Waals surface area contributed by atoms with Crippen molar-refractivity contribution in [1.29, 1.82) is 0 Å². The first-order chi connectivity index (χ1) is 7.40. The molecule has 0 aromatic heterocycles. The van der Waals surface area contributed by atoms with Crippen molar-refractivity contribution >= 4 is 0 Å². The monoisotopic (exact) mass is 210 g/mol. The Morgan fingerprint density at radius 2 is 2.07 bits per heavy atom. The minimum absolute atomic E-state index is 0.922. The average molecular weight is 210 g/mol. The highest BCUT2D eigenvalue weighted by atomic mass is 16.5.